The van der Waals surface area contributed by atoms with Crippen molar-refractivity contribution in [3.8, 4) is 0 Å². The maximum atomic E-state index is 3.58. The Morgan fingerprint density at radius 2 is 1.72 bits per heavy atom. The summed E-state index contributed by atoms with van der Waals surface area (Å²) >= 11 is 0. The average Bonchev–Trinajstić information content (AvgIpc) is 2.43. The van der Waals surface area contributed by atoms with Crippen LogP contribution in [0, 0.1) is 5.41 Å². The molecule has 0 spiro atoms. The standard InChI is InChI=1S/C16H34N2/c1-5-11-17-15(4)8-12-18-13-9-16(6-2,7-3)10-14-18/h15,17H,5-14H2,1-4H3. The third-order valence-corrected chi connectivity index (χ3v) is 5.04. The fourth-order valence-electron chi connectivity index (χ4n) is 3.08. The summed E-state index contributed by atoms with van der Waals surface area (Å²) in [5, 5.41) is 3.58. The van der Waals surface area contributed by atoms with E-state index in [0.29, 0.717) is 11.5 Å². The summed E-state index contributed by atoms with van der Waals surface area (Å²) in [6.07, 6.45) is 8.10. The van der Waals surface area contributed by atoms with Crippen molar-refractivity contribution in [3.63, 3.8) is 0 Å². The number of piperidine rings is 1. The second-order valence-electron chi connectivity index (χ2n) is 6.19. The lowest BCUT2D eigenvalue weighted by Gasteiger charge is -2.41. The van der Waals surface area contributed by atoms with Gasteiger partial charge in [-0.1, -0.05) is 33.6 Å². The van der Waals surface area contributed by atoms with Gasteiger partial charge in [-0.25, -0.2) is 0 Å². The van der Waals surface area contributed by atoms with Crippen molar-refractivity contribution in [1.29, 1.82) is 0 Å². The highest BCUT2D eigenvalue weighted by molar-refractivity contribution is 4.84. The van der Waals surface area contributed by atoms with E-state index in [0.717, 1.165) is 6.54 Å². The van der Waals surface area contributed by atoms with Crippen molar-refractivity contribution in [1.82, 2.24) is 10.2 Å². The van der Waals surface area contributed by atoms with Gasteiger partial charge in [0.05, 0.1) is 0 Å². The molecule has 1 saturated heterocycles. The van der Waals surface area contributed by atoms with Crippen molar-refractivity contribution in [2.75, 3.05) is 26.2 Å². The first-order chi connectivity index (χ1) is 8.65. The molecule has 1 aliphatic heterocycles. The number of nitrogens with zero attached hydrogens (tertiary/aromatic N) is 1. The predicted octanol–water partition coefficient (Wildman–Crippen LogP) is 3.67. The minimum Gasteiger partial charge on any atom is -0.314 e. The molecule has 0 bridgehead atoms. The Morgan fingerprint density at radius 3 is 2.22 bits per heavy atom. The number of nitrogens with one attached hydrogen (secondary N) is 1. The largest absolute Gasteiger partial charge is 0.314 e. The van der Waals surface area contributed by atoms with Gasteiger partial charge in [-0.2, -0.15) is 0 Å². The van der Waals surface area contributed by atoms with Crippen LogP contribution in [0.1, 0.15) is 66.2 Å². The van der Waals surface area contributed by atoms with Gasteiger partial charge in [0.15, 0.2) is 0 Å². The lowest BCUT2D eigenvalue weighted by Crippen LogP contribution is -2.41. The molecule has 1 rings (SSSR count). The molecule has 1 atom stereocenters. The number of hydrogen-bond donors (Lipinski definition) is 1. The van der Waals surface area contributed by atoms with Crippen LogP contribution in [-0.2, 0) is 0 Å². The molecule has 0 saturated carbocycles. The average molecular weight is 254 g/mol. The van der Waals surface area contributed by atoms with Crippen LogP contribution in [0.3, 0.4) is 0 Å². The zero-order valence-corrected chi connectivity index (χ0v) is 13.1. The SMILES string of the molecule is CCCNC(C)CCN1CCC(CC)(CC)CC1. The quantitative estimate of drug-likeness (QED) is 0.711. The summed E-state index contributed by atoms with van der Waals surface area (Å²) in [5.74, 6) is 0. The molecule has 1 aliphatic rings. The van der Waals surface area contributed by atoms with Gasteiger partial charge in [-0.05, 0) is 64.2 Å². The van der Waals surface area contributed by atoms with Crippen LogP contribution in [0.4, 0.5) is 0 Å². The molecular weight excluding hydrogens is 220 g/mol. The molecule has 0 amide bonds. The van der Waals surface area contributed by atoms with Crippen LogP contribution in [0.5, 0.6) is 0 Å². The Labute approximate surface area is 115 Å². The Kier molecular flexibility index (Phi) is 7.25. The minimum absolute atomic E-state index is 0.669. The lowest BCUT2D eigenvalue weighted by molar-refractivity contribution is 0.0930. The molecule has 1 unspecified atom stereocenters. The van der Waals surface area contributed by atoms with E-state index in [1.54, 1.807) is 0 Å². The fourth-order valence-corrected chi connectivity index (χ4v) is 3.08. The van der Waals surface area contributed by atoms with Gasteiger partial charge in [0, 0.05) is 6.04 Å². The van der Waals surface area contributed by atoms with Crippen molar-refractivity contribution < 1.29 is 0 Å². The van der Waals surface area contributed by atoms with Crippen molar-refractivity contribution in [2.45, 2.75) is 72.3 Å². The molecule has 0 aromatic rings. The van der Waals surface area contributed by atoms with Crippen LogP contribution < -0.4 is 5.32 Å². The Balaban J connectivity index is 2.19. The first-order valence-corrected chi connectivity index (χ1v) is 8.11. The van der Waals surface area contributed by atoms with E-state index in [2.05, 4.69) is 37.9 Å². The molecule has 0 radical (unpaired) electrons. The molecular formula is C16H34N2. The molecule has 2 nitrogen and oxygen atoms in total. The molecule has 0 aliphatic carbocycles. The lowest BCUT2D eigenvalue weighted by atomic mass is 9.74. The molecule has 0 aromatic carbocycles. The fraction of sp³-hybridized carbons (Fsp3) is 1.00. The Bertz CT molecular complexity index is 201. The van der Waals surface area contributed by atoms with Crippen LogP contribution in [0.2, 0.25) is 0 Å². The second-order valence-corrected chi connectivity index (χ2v) is 6.19. The summed E-state index contributed by atoms with van der Waals surface area (Å²) in [5.41, 5.74) is 0.669. The molecule has 1 fully saturated rings. The van der Waals surface area contributed by atoms with Gasteiger partial charge >= 0.3 is 0 Å². The zero-order chi connectivity index (χ0) is 13.4. The minimum atomic E-state index is 0.669. The third-order valence-electron chi connectivity index (χ3n) is 5.04. The van der Waals surface area contributed by atoms with Crippen molar-refractivity contribution >= 4 is 0 Å². The number of likely N-dealkylation sites (tertiary alicyclic amines) is 1. The summed E-state index contributed by atoms with van der Waals surface area (Å²) in [6, 6.07) is 0.675. The Morgan fingerprint density at radius 1 is 1.11 bits per heavy atom. The molecule has 1 N–H and O–H groups in total. The summed E-state index contributed by atoms with van der Waals surface area (Å²) in [7, 11) is 0. The van der Waals surface area contributed by atoms with Crippen LogP contribution in [0.15, 0.2) is 0 Å². The predicted molar refractivity (Wildman–Crippen MR) is 81.1 cm³/mol. The van der Waals surface area contributed by atoms with Gasteiger partial charge in [0.2, 0.25) is 0 Å². The second kappa shape index (κ2) is 8.16. The maximum Gasteiger partial charge on any atom is 0.00508 e. The summed E-state index contributed by atoms with van der Waals surface area (Å²) in [6.45, 7) is 14.4. The van der Waals surface area contributed by atoms with E-state index in [9.17, 15) is 0 Å². The van der Waals surface area contributed by atoms with Crippen LogP contribution >= 0.6 is 0 Å². The van der Waals surface area contributed by atoms with Gasteiger partial charge in [0.1, 0.15) is 0 Å². The van der Waals surface area contributed by atoms with Gasteiger partial charge in [-0.3, -0.25) is 0 Å². The smallest absolute Gasteiger partial charge is 0.00508 e. The van der Waals surface area contributed by atoms with Crippen molar-refractivity contribution in [3.05, 3.63) is 0 Å². The molecule has 18 heavy (non-hydrogen) atoms. The van der Waals surface area contributed by atoms with Crippen molar-refractivity contribution in [2.24, 2.45) is 5.41 Å². The maximum absolute atomic E-state index is 3.58. The third kappa shape index (κ3) is 4.89. The highest BCUT2D eigenvalue weighted by Gasteiger charge is 2.30. The highest BCUT2D eigenvalue weighted by Crippen LogP contribution is 2.37. The number of rotatable bonds is 8. The van der Waals surface area contributed by atoms with E-state index in [1.165, 1.54) is 58.2 Å². The first-order valence-electron chi connectivity index (χ1n) is 8.11. The number of hydrogen-bond acceptors (Lipinski definition) is 2. The van der Waals surface area contributed by atoms with Gasteiger partial charge < -0.3 is 10.2 Å². The molecule has 0 aromatic heterocycles. The van der Waals surface area contributed by atoms with Crippen LogP contribution in [0.25, 0.3) is 0 Å². The monoisotopic (exact) mass is 254 g/mol. The zero-order valence-electron chi connectivity index (χ0n) is 13.1. The van der Waals surface area contributed by atoms with E-state index < -0.39 is 0 Å². The highest BCUT2D eigenvalue weighted by atomic mass is 15.1. The van der Waals surface area contributed by atoms with E-state index in [4.69, 9.17) is 0 Å². The summed E-state index contributed by atoms with van der Waals surface area (Å²) in [4.78, 5) is 2.67. The topological polar surface area (TPSA) is 15.3 Å². The summed E-state index contributed by atoms with van der Waals surface area (Å²) < 4.78 is 0. The van der Waals surface area contributed by atoms with Gasteiger partial charge in [-0.15, -0.1) is 0 Å². The van der Waals surface area contributed by atoms with E-state index in [1.807, 2.05) is 0 Å². The van der Waals surface area contributed by atoms with Crippen LogP contribution in [-0.4, -0.2) is 37.1 Å². The molecule has 1 heterocycles. The first kappa shape index (κ1) is 16.0. The molecule has 108 valence electrons. The van der Waals surface area contributed by atoms with E-state index >= 15 is 0 Å². The van der Waals surface area contributed by atoms with Gasteiger partial charge in [0.25, 0.3) is 0 Å². The van der Waals surface area contributed by atoms with E-state index in [-0.39, 0.29) is 0 Å². The normalized spacial score (nSPS) is 22.0. The Hall–Kier alpha value is -0.0800. The molecule has 2 heteroatoms.